The number of aryl methyl sites for hydroxylation is 1. The normalized spacial score (nSPS) is 13.1. The summed E-state index contributed by atoms with van der Waals surface area (Å²) in [6.45, 7) is 3.75. The van der Waals surface area contributed by atoms with Gasteiger partial charge in [-0.1, -0.05) is 19.9 Å². The van der Waals surface area contributed by atoms with Crippen LogP contribution in [0.15, 0.2) is 23.1 Å². The van der Waals surface area contributed by atoms with Crippen LogP contribution < -0.4 is 16.2 Å². The number of carbonyl (C=O) groups excluding carboxylic acids is 1. The molecule has 1 rings (SSSR count). The van der Waals surface area contributed by atoms with E-state index in [0.717, 1.165) is 0 Å². The van der Waals surface area contributed by atoms with Crippen molar-refractivity contribution in [3.05, 3.63) is 23.8 Å². The van der Waals surface area contributed by atoms with Crippen LogP contribution in [-0.4, -0.2) is 20.9 Å². The monoisotopic (exact) mass is 285 g/mol. The fourth-order valence-corrected chi connectivity index (χ4v) is 2.43. The summed E-state index contributed by atoms with van der Waals surface area (Å²) in [5.74, 6) is -0.601. The Morgan fingerprint density at radius 1 is 1.42 bits per heavy atom. The number of hydrogen-bond donors (Lipinski definition) is 3. The number of nitrogens with two attached hydrogens (primary N) is 2. The molecule has 6 nitrogen and oxygen atoms in total. The highest BCUT2D eigenvalue weighted by molar-refractivity contribution is 7.89. The van der Waals surface area contributed by atoms with Crippen LogP contribution in [0.25, 0.3) is 0 Å². The third-order valence-corrected chi connectivity index (χ3v) is 3.82. The molecule has 7 heteroatoms. The third kappa shape index (κ3) is 4.02. The SMILES string of the molecule is CCc1ccc(NC(=O)C(C)CN)cc1S(N)(=O)=O. The smallest absolute Gasteiger partial charge is 0.238 e. The minimum absolute atomic E-state index is 0.0354. The Balaban J connectivity index is 3.10. The van der Waals surface area contributed by atoms with Gasteiger partial charge >= 0.3 is 0 Å². The van der Waals surface area contributed by atoms with E-state index in [4.69, 9.17) is 10.9 Å². The molecular formula is C12H19N3O3S. The van der Waals surface area contributed by atoms with Gasteiger partial charge in [-0.15, -0.1) is 0 Å². The molecule has 0 saturated carbocycles. The van der Waals surface area contributed by atoms with Gasteiger partial charge in [-0.05, 0) is 24.1 Å². The van der Waals surface area contributed by atoms with Crippen molar-refractivity contribution >= 4 is 21.6 Å². The van der Waals surface area contributed by atoms with Crippen molar-refractivity contribution in [1.29, 1.82) is 0 Å². The molecule has 0 aliphatic rings. The Morgan fingerprint density at radius 3 is 2.53 bits per heavy atom. The van der Waals surface area contributed by atoms with Crippen LogP contribution in [0, 0.1) is 5.92 Å². The lowest BCUT2D eigenvalue weighted by Crippen LogP contribution is -2.26. The first-order valence-corrected chi connectivity index (χ1v) is 7.50. The summed E-state index contributed by atoms with van der Waals surface area (Å²) < 4.78 is 23.0. The van der Waals surface area contributed by atoms with Gasteiger partial charge in [0.2, 0.25) is 15.9 Å². The van der Waals surface area contributed by atoms with Crippen LogP contribution in [0.1, 0.15) is 19.4 Å². The largest absolute Gasteiger partial charge is 0.330 e. The average Bonchev–Trinajstić information content (AvgIpc) is 2.36. The predicted octanol–water partition coefficient (Wildman–Crippen LogP) is 0.430. The second kappa shape index (κ2) is 6.14. The molecule has 0 heterocycles. The molecule has 0 spiro atoms. The molecule has 1 unspecified atom stereocenters. The molecule has 0 aliphatic heterocycles. The molecule has 5 N–H and O–H groups in total. The molecule has 106 valence electrons. The van der Waals surface area contributed by atoms with Crippen molar-refractivity contribution in [2.45, 2.75) is 25.2 Å². The Labute approximate surface area is 113 Å². The molecule has 1 amide bonds. The topological polar surface area (TPSA) is 115 Å². The van der Waals surface area contributed by atoms with Gasteiger partial charge in [0.05, 0.1) is 4.90 Å². The van der Waals surface area contributed by atoms with Gasteiger partial charge in [0.15, 0.2) is 0 Å². The molecule has 1 aromatic rings. The molecule has 0 fully saturated rings. The van der Waals surface area contributed by atoms with Gasteiger partial charge in [-0.2, -0.15) is 0 Å². The van der Waals surface area contributed by atoms with E-state index < -0.39 is 10.0 Å². The zero-order valence-corrected chi connectivity index (χ0v) is 11.8. The molecule has 0 bridgehead atoms. The Bertz CT molecular complexity index is 570. The first-order valence-electron chi connectivity index (χ1n) is 5.96. The fourth-order valence-electron chi connectivity index (χ4n) is 1.56. The Kier molecular flexibility index (Phi) is 5.04. The Morgan fingerprint density at radius 2 is 2.05 bits per heavy atom. The number of amides is 1. The van der Waals surface area contributed by atoms with Gasteiger partial charge in [-0.25, -0.2) is 13.6 Å². The van der Waals surface area contributed by atoms with Crippen LogP contribution in [0.4, 0.5) is 5.69 Å². The van der Waals surface area contributed by atoms with Crippen molar-refractivity contribution in [2.75, 3.05) is 11.9 Å². The van der Waals surface area contributed by atoms with E-state index in [9.17, 15) is 13.2 Å². The van der Waals surface area contributed by atoms with E-state index >= 15 is 0 Å². The fraction of sp³-hybridized carbons (Fsp3) is 0.417. The second-order valence-corrected chi connectivity index (χ2v) is 5.88. The molecule has 1 aromatic carbocycles. The summed E-state index contributed by atoms with van der Waals surface area (Å²) in [6, 6.07) is 4.66. The number of sulfonamides is 1. The zero-order valence-electron chi connectivity index (χ0n) is 11.0. The molecule has 0 saturated heterocycles. The summed E-state index contributed by atoms with van der Waals surface area (Å²) in [4.78, 5) is 11.7. The lowest BCUT2D eigenvalue weighted by atomic mass is 10.1. The number of benzene rings is 1. The van der Waals surface area contributed by atoms with Gasteiger partial charge < -0.3 is 11.1 Å². The summed E-state index contributed by atoms with van der Waals surface area (Å²) in [6.07, 6.45) is 0.541. The average molecular weight is 285 g/mol. The molecule has 0 radical (unpaired) electrons. The summed E-state index contributed by atoms with van der Waals surface area (Å²) in [5, 5.41) is 7.78. The first-order chi connectivity index (χ1) is 8.79. The maximum Gasteiger partial charge on any atom is 0.238 e. The van der Waals surface area contributed by atoms with Crippen molar-refractivity contribution in [2.24, 2.45) is 16.8 Å². The number of rotatable bonds is 5. The predicted molar refractivity (Wildman–Crippen MR) is 74.0 cm³/mol. The third-order valence-electron chi connectivity index (χ3n) is 2.82. The van der Waals surface area contributed by atoms with Crippen LogP contribution in [0.5, 0.6) is 0 Å². The summed E-state index contributed by atoms with van der Waals surface area (Å²) in [5.41, 5.74) is 6.41. The number of anilines is 1. The van der Waals surface area contributed by atoms with E-state index in [-0.39, 0.29) is 23.3 Å². The lowest BCUT2D eigenvalue weighted by molar-refractivity contribution is -0.119. The zero-order chi connectivity index (χ0) is 14.6. The number of primary sulfonamides is 1. The van der Waals surface area contributed by atoms with Crippen LogP contribution in [-0.2, 0) is 21.2 Å². The molecule has 0 aliphatic carbocycles. The maximum absolute atomic E-state index is 11.7. The van der Waals surface area contributed by atoms with E-state index in [1.807, 2.05) is 6.92 Å². The van der Waals surface area contributed by atoms with Gasteiger partial charge in [0.25, 0.3) is 0 Å². The standard InChI is InChI=1S/C12H19N3O3S/c1-3-9-4-5-10(6-11(9)19(14,17)18)15-12(16)8(2)7-13/h4-6,8H,3,7,13H2,1-2H3,(H,15,16)(H2,14,17,18). The van der Waals surface area contributed by atoms with Gasteiger partial charge in [-0.3, -0.25) is 4.79 Å². The van der Waals surface area contributed by atoms with E-state index in [2.05, 4.69) is 5.32 Å². The lowest BCUT2D eigenvalue weighted by Gasteiger charge is -2.12. The molecule has 19 heavy (non-hydrogen) atoms. The summed E-state index contributed by atoms with van der Waals surface area (Å²) >= 11 is 0. The van der Waals surface area contributed by atoms with Crippen molar-refractivity contribution < 1.29 is 13.2 Å². The van der Waals surface area contributed by atoms with Crippen LogP contribution in [0.3, 0.4) is 0 Å². The van der Waals surface area contributed by atoms with E-state index in [1.165, 1.54) is 6.07 Å². The number of hydrogen-bond acceptors (Lipinski definition) is 4. The summed E-state index contributed by atoms with van der Waals surface area (Å²) in [7, 11) is -3.81. The Hall–Kier alpha value is -1.44. The van der Waals surface area contributed by atoms with Crippen molar-refractivity contribution in [3.8, 4) is 0 Å². The van der Waals surface area contributed by atoms with E-state index in [1.54, 1.807) is 19.1 Å². The van der Waals surface area contributed by atoms with Crippen LogP contribution in [0.2, 0.25) is 0 Å². The number of nitrogens with one attached hydrogen (secondary N) is 1. The van der Waals surface area contributed by atoms with Gasteiger partial charge in [0, 0.05) is 18.2 Å². The second-order valence-electron chi connectivity index (χ2n) is 4.35. The highest BCUT2D eigenvalue weighted by Gasteiger charge is 2.16. The van der Waals surface area contributed by atoms with Crippen molar-refractivity contribution in [1.82, 2.24) is 0 Å². The molecule has 0 aromatic heterocycles. The minimum Gasteiger partial charge on any atom is -0.330 e. The van der Waals surface area contributed by atoms with Crippen LogP contribution >= 0.6 is 0 Å². The first kappa shape index (κ1) is 15.6. The molecular weight excluding hydrogens is 266 g/mol. The highest BCUT2D eigenvalue weighted by Crippen LogP contribution is 2.20. The van der Waals surface area contributed by atoms with Gasteiger partial charge in [0.1, 0.15) is 0 Å². The molecule has 1 atom stereocenters. The quantitative estimate of drug-likeness (QED) is 0.727. The minimum atomic E-state index is -3.81. The number of carbonyl (C=O) groups is 1. The van der Waals surface area contributed by atoms with Crippen molar-refractivity contribution in [3.63, 3.8) is 0 Å². The highest BCUT2D eigenvalue weighted by atomic mass is 32.2. The van der Waals surface area contributed by atoms with E-state index in [0.29, 0.717) is 17.7 Å². The maximum atomic E-state index is 11.7.